The van der Waals surface area contributed by atoms with Gasteiger partial charge in [-0.3, -0.25) is 4.79 Å². The van der Waals surface area contributed by atoms with Gasteiger partial charge in [-0.25, -0.2) is 0 Å². The van der Waals surface area contributed by atoms with E-state index in [0.717, 1.165) is 29.1 Å². The van der Waals surface area contributed by atoms with E-state index in [1.165, 1.54) is 23.3 Å². The van der Waals surface area contributed by atoms with Crippen LogP contribution in [-0.2, 0) is 24.1 Å². The summed E-state index contributed by atoms with van der Waals surface area (Å²) in [4.78, 5) is 14.5. The Hall–Kier alpha value is -1.64. The fourth-order valence-electron chi connectivity index (χ4n) is 2.69. The van der Waals surface area contributed by atoms with Crippen LogP contribution in [0.2, 0.25) is 0 Å². The Bertz CT molecular complexity index is 680. The molecule has 2 heterocycles. The molecule has 0 saturated carbocycles. The van der Waals surface area contributed by atoms with Crippen LogP contribution in [0.4, 0.5) is 5.00 Å². The maximum Gasteiger partial charge on any atom is 0.230 e. The van der Waals surface area contributed by atoms with Crippen molar-refractivity contribution < 1.29 is 4.79 Å². The highest BCUT2D eigenvalue weighted by Gasteiger charge is 2.20. The second-order valence-corrected chi connectivity index (χ2v) is 7.32. The SMILES string of the molecule is N#Cc1c(NC(=O)Cc2cccs2)sc2c1CCCCC2. The molecule has 0 aliphatic heterocycles. The molecule has 0 fully saturated rings. The second-order valence-electron chi connectivity index (χ2n) is 5.18. The molecular formula is C16H16N2OS2. The highest BCUT2D eigenvalue weighted by molar-refractivity contribution is 7.16. The Morgan fingerprint density at radius 2 is 2.19 bits per heavy atom. The summed E-state index contributed by atoms with van der Waals surface area (Å²) in [5, 5.41) is 15.1. The molecule has 0 spiro atoms. The molecule has 0 radical (unpaired) electrons. The zero-order chi connectivity index (χ0) is 14.7. The number of nitrogens with one attached hydrogen (secondary N) is 1. The van der Waals surface area contributed by atoms with Crippen LogP contribution in [0.15, 0.2) is 17.5 Å². The lowest BCUT2D eigenvalue weighted by atomic mass is 10.1. The Balaban J connectivity index is 1.79. The van der Waals surface area contributed by atoms with Crippen molar-refractivity contribution in [3.05, 3.63) is 38.4 Å². The summed E-state index contributed by atoms with van der Waals surface area (Å²) in [6.45, 7) is 0. The van der Waals surface area contributed by atoms with Gasteiger partial charge in [-0.1, -0.05) is 12.5 Å². The molecule has 1 aliphatic carbocycles. The van der Waals surface area contributed by atoms with Crippen LogP contribution in [0.5, 0.6) is 0 Å². The topological polar surface area (TPSA) is 52.9 Å². The molecule has 5 heteroatoms. The Morgan fingerprint density at radius 3 is 2.95 bits per heavy atom. The van der Waals surface area contributed by atoms with Crippen LogP contribution in [0.25, 0.3) is 0 Å². The number of hydrogen-bond donors (Lipinski definition) is 1. The summed E-state index contributed by atoms with van der Waals surface area (Å²) >= 11 is 3.17. The summed E-state index contributed by atoms with van der Waals surface area (Å²) in [6.07, 6.45) is 5.93. The molecule has 0 unspecified atom stereocenters. The standard InChI is InChI=1S/C16H16N2OS2/c17-10-13-12-6-2-1-3-7-14(12)21-16(13)18-15(19)9-11-5-4-8-20-11/h4-5,8H,1-3,6-7,9H2,(H,18,19). The number of amides is 1. The van der Waals surface area contributed by atoms with E-state index in [4.69, 9.17) is 0 Å². The van der Waals surface area contributed by atoms with Crippen LogP contribution in [0.3, 0.4) is 0 Å². The van der Waals surface area contributed by atoms with Gasteiger partial charge in [0.2, 0.25) is 5.91 Å². The Morgan fingerprint density at radius 1 is 1.33 bits per heavy atom. The van der Waals surface area contributed by atoms with Crippen LogP contribution in [-0.4, -0.2) is 5.91 Å². The number of nitriles is 1. The van der Waals surface area contributed by atoms with E-state index in [0.29, 0.717) is 12.0 Å². The first-order valence-electron chi connectivity index (χ1n) is 7.15. The molecule has 2 aromatic rings. The minimum atomic E-state index is -0.0367. The summed E-state index contributed by atoms with van der Waals surface area (Å²) in [7, 11) is 0. The summed E-state index contributed by atoms with van der Waals surface area (Å²) < 4.78 is 0. The monoisotopic (exact) mass is 316 g/mol. The normalized spacial score (nSPS) is 14.0. The van der Waals surface area contributed by atoms with Crippen molar-refractivity contribution in [1.29, 1.82) is 5.26 Å². The molecule has 3 nitrogen and oxygen atoms in total. The fraction of sp³-hybridized carbons (Fsp3) is 0.375. The van der Waals surface area contributed by atoms with Crippen molar-refractivity contribution in [1.82, 2.24) is 0 Å². The zero-order valence-electron chi connectivity index (χ0n) is 11.6. The predicted octanol–water partition coefficient (Wildman–Crippen LogP) is 4.13. The lowest BCUT2D eigenvalue weighted by Crippen LogP contribution is -2.13. The minimum Gasteiger partial charge on any atom is -0.316 e. The third-order valence-corrected chi connectivity index (χ3v) is 5.78. The molecule has 108 valence electrons. The molecule has 0 aromatic carbocycles. The summed E-state index contributed by atoms with van der Waals surface area (Å²) in [5.74, 6) is -0.0367. The van der Waals surface area contributed by atoms with Gasteiger partial charge in [-0.15, -0.1) is 22.7 Å². The quantitative estimate of drug-likeness (QED) is 0.866. The van der Waals surface area contributed by atoms with Crippen LogP contribution < -0.4 is 5.32 Å². The average Bonchev–Trinajstić information content (AvgIpc) is 3.01. The van der Waals surface area contributed by atoms with Crippen LogP contribution in [0.1, 0.15) is 40.1 Å². The van der Waals surface area contributed by atoms with Gasteiger partial charge in [0.05, 0.1) is 12.0 Å². The predicted molar refractivity (Wildman–Crippen MR) is 86.9 cm³/mol. The van der Waals surface area contributed by atoms with Gasteiger partial charge in [0.25, 0.3) is 0 Å². The second kappa shape index (κ2) is 6.42. The van der Waals surface area contributed by atoms with E-state index >= 15 is 0 Å². The third kappa shape index (κ3) is 3.17. The van der Waals surface area contributed by atoms with E-state index in [-0.39, 0.29) is 5.91 Å². The van der Waals surface area contributed by atoms with Crippen molar-refractivity contribution in [3.8, 4) is 6.07 Å². The van der Waals surface area contributed by atoms with E-state index in [2.05, 4.69) is 11.4 Å². The van der Waals surface area contributed by atoms with E-state index in [9.17, 15) is 10.1 Å². The molecule has 1 aliphatic rings. The largest absolute Gasteiger partial charge is 0.316 e. The smallest absolute Gasteiger partial charge is 0.230 e. The number of rotatable bonds is 3. The number of anilines is 1. The maximum absolute atomic E-state index is 12.1. The number of aryl methyl sites for hydroxylation is 1. The minimum absolute atomic E-state index is 0.0367. The lowest BCUT2D eigenvalue weighted by Gasteiger charge is -2.03. The molecular weight excluding hydrogens is 300 g/mol. The van der Waals surface area contributed by atoms with E-state index in [1.54, 1.807) is 22.7 Å². The zero-order valence-corrected chi connectivity index (χ0v) is 13.3. The van der Waals surface area contributed by atoms with Gasteiger partial charge in [0.1, 0.15) is 11.1 Å². The first kappa shape index (κ1) is 14.3. The van der Waals surface area contributed by atoms with Gasteiger partial charge in [0, 0.05) is 9.75 Å². The number of thiophene rings is 2. The van der Waals surface area contributed by atoms with Crippen molar-refractivity contribution in [2.24, 2.45) is 0 Å². The molecule has 1 amide bonds. The first-order chi connectivity index (χ1) is 10.3. The van der Waals surface area contributed by atoms with Crippen molar-refractivity contribution in [2.45, 2.75) is 38.5 Å². The Labute approximate surface area is 132 Å². The maximum atomic E-state index is 12.1. The highest BCUT2D eigenvalue weighted by Crippen LogP contribution is 2.37. The number of carbonyl (C=O) groups excluding carboxylic acids is 1. The molecule has 3 rings (SSSR count). The highest BCUT2D eigenvalue weighted by atomic mass is 32.1. The molecule has 0 atom stereocenters. The van der Waals surface area contributed by atoms with E-state index in [1.807, 2.05) is 17.5 Å². The van der Waals surface area contributed by atoms with Gasteiger partial charge < -0.3 is 5.32 Å². The van der Waals surface area contributed by atoms with Gasteiger partial charge >= 0.3 is 0 Å². The number of hydrogen-bond acceptors (Lipinski definition) is 4. The summed E-state index contributed by atoms with van der Waals surface area (Å²) in [6, 6.07) is 6.20. The van der Waals surface area contributed by atoms with Crippen molar-refractivity contribution in [3.63, 3.8) is 0 Å². The van der Waals surface area contributed by atoms with E-state index < -0.39 is 0 Å². The molecule has 2 aromatic heterocycles. The number of carbonyl (C=O) groups is 1. The number of fused-ring (bicyclic) bond motifs is 1. The van der Waals surface area contributed by atoms with Crippen molar-refractivity contribution in [2.75, 3.05) is 5.32 Å². The molecule has 21 heavy (non-hydrogen) atoms. The molecule has 0 saturated heterocycles. The van der Waals surface area contributed by atoms with Crippen LogP contribution >= 0.6 is 22.7 Å². The third-order valence-electron chi connectivity index (χ3n) is 3.70. The number of nitrogens with zero attached hydrogens (tertiary/aromatic N) is 1. The average molecular weight is 316 g/mol. The first-order valence-corrected chi connectivity index (χ1v) is 8.84. The van der Waals surface area contributed by atoms with Crippen LogP contribution in [0, 0.1) is 11.3 Å². The van der Waals surface area contributed by atoms with Crippen molar-refractivity contribution >= 4 is 33.6 Å². The summed E-state index contributed by atoms with van der Waals surface area (Å²) in [5.41, 5.74) is 1.86. The molecule has 1 N–H and O–H groups in total. The Kier molecular flexibility index (Phi) is 4.37. The van der Waals surface area contributed by atoms with Gasteiger partial charge in [-0.2, -0.15) is 5.26 Å². The van der Waals surface area contributed by atoms with Gasteiger partial charge in [-0.05, 0) is 42.7 Å². The fourth-order valence-corrected chi connectivity index (χ4v) is 4.65. The van der Waals surface area contributed by atoms with Gasteiger partial charge in [0.15, 0.2) is 0 Å². The lowest BCUT2D eigenvalue weighted by molar-refractivity contribution is -0.115. The molecule has 0 bridgehead atoms.